The van der Waals surface area contributed by atoms with Gasteiger partial charge in [-0.25, -0.2) is 8.78 Å². The number of rotatable bonds is 4. The van der Waals surface area contributed by atoms with E-state index in [2.05, 4.69) is 10.6 Å². The quantitative estimate of drug-likeness (QED) is 0.887. The van der Waals surface area contributed by atoms with E-state index in [1.807, 2.05) is 0 Å². The predicted octanol–water partition coefficient (Wildman–Crippen LogP) is 2.42. The maximum Gasteiger partial charge on any atom is 0.224 e. The lowest BCUT2D eigenvalue weighted by Gasteiger charge is -2.32. The van der Waals surface area contributed by atoms with Crippen LogP contribution in [0.2, 0.25) is 0 Å². The molecule has 1 unspecified atom stereocenters. The Hall–Kier alpha value is -1.98. The normalized spacial score (nSPS) is 22.9. The Morgan fingerprint density at radius 3 is 2.50 bits per heavy atom. The highest BCUT2D eigenvalue weighted by atomic mass is 19.1. The number of nitrogens with one attached hydrogen (secondary N) is 2. The van der Waals surface area contributed by atoms with Gasteiger partial charge in [0.25, 0.3) is 0 Å². The van der Waals surface area contributed by atoms with E-state index in [0.29, 0.717) is 32.2 Å². The minimum Gasteiger partial charge on any atom is -0.355 e. The molecule has 2 aliphatic rings. The van der Waals surface area contributed by atoms with Crippen LogP contribution in [0.1, 0.15) is 44.1 Å². The first kappa shape index (κ1) is 16.9. The van der Waals surface area contributed by atoms with E-state index >= 15 is 0 Å². The molecular formula is C18H22F2N2O2. The summed E-state index contributed by atoms with van der Waals surface area (Å²) in [6.07, 6.45) is 3.95. The van der Waals surface area contributed by atoms with Crippen LogP contribution in [0.15, 0.2) is 18.2 Å². The molecule has 2 fully saturated rings. The largest absolute Gasteiger partial charge is 0.355 e. The van der Waals surface area contributed by atoms with E-state index in [1.165, 1.54) is 18.2 Å². The standard InChI is InChI=1S/C18H22F2N2O2/c19-13-4-3-5-14(20)16(13)18(8-1-2-9-18)11-22-17(24)12-6-7-15(23)21-10-12/h3-5,12H,1-2,6-11H2,(H,21,23)(H,22,24). The first-order valence-electron chi connectivity index (χ1n) is 8.51. The highest BCUT2D eigenvalue weighted by Gasteiger charge is 2.40. The number of piperidine rings is 1. The van der Waals surface area contributed by atoms with Crippen molar-refractivity contribution in [3.05, 3.63) is 35.4 Å². The minimum absolute atomic E-state index is 0.0419. The molecule has 1 aliphatic carbocycles. The Morgan fingerprint density at radius 2 is 1.92 bits per heavy atom. The van der Waals surface area contributed by atoms with Gasteiger partial charge in [-0.1, -0.05) is 18.9 Å². The third-order valence-electron chi connectivity index (χ3n) is 5.29. The SMILES string of the molecule is O=C1CCC(C(=O)NCC2(c3c(F)cccc3F)CCCC2)CN1. The molecule has 0 aromatic heterocycles. The Labute approximate surface area is 140 Å². The molecule has 24 heavy (non-hydrogen) atoms. The molecule has 1 aromatic rings. The van der Waals surface area contributed by atoms with E-state index in [4.69, 9.17) is 0 Å². The zero-order valence-corrected chi connectivity index (χ0v) is 13.5. The topological polar surface area (TPSA) is 58.2 Å². The van der Waals surface area contributed by atoms with Gasteiger partial charge in [0, 0.05) is 30.5 Å². The van der Waals surface area contributed by atoms with Crippen molar-refractivity contribution in [2.45, 2.75) is 43.9 Å². The number of carbonyl (C=O) groups excluding carboxylic acids is 2. The van der Waals surface area contributed by atoms with Crippen molar-refractivity contribution in [2.75, 3.05) is 13.1 Å². The van der Waals surface area contributed by atoms with E-state index in [1.54, 1.807) is 0 Å². The van der Waals surface area contributed by atoms with E-state index in [-0.39, 0.29) is 29.8 Å². The molecule has 1 saturated heterocycles. The second-order valence-electron chi connectivity index (χ2n) is 6.84. The average Bonchev–Trinajstić information content (AvgIpc) is 3.03. The average molecular weight is 336 g/mol. The van der Waals surface area contributed by atoms with Gasteiger partial charge >= 0.3 is 0 Å². The molecule has 3 rings (SSSR count). The van der Waals surface area contributed by atoms with Crippen molar-refractivity contribution < 1.29 is 18.4 Å². The van der Waals surface area contributed by atoms with Gasteiger partial charge in [-0.2, -0.15) is 0 Å². The molecule has 1 saturated carbocycles. The lowest BCUT2D eigenvalue weighted by Crippen LogP contribution is -2.47. The summed E-state index contributed by atoms with van der Waals surface area (Å²) in [6.45, 7) is 0.555. The molecule has 0 bridgehead atoms. The molecule has 1 heterocycles. The fourth-order valence-corrected chi connectivity index (χ4v) is 3.93. The second kappa shape index (κ2) is 6.87. The van der Waals surface area contributed by atoms with Gasteiger partial charge in [0.2, 0.25) is 11.8 Å². The van der Waals surface area contributed by atoms with Gasteiger partial charge < -0.3 is 10.6 Å². The number of carbonyl (C=O) groups is 2. The fourth-order valence-electron chi connectivity index (χ4n) is 3.93. The number of halogens is 2. The molecule has 2 amide bonds. The monoisotopic (exact) mass is 336 g/mol. The predicted molar refractivity (Wildman–Crippen MR) is 85.2 cm³/mol. The molecule has 0 radical (unpaired) electrons. The first-order chi connectivity index (χ1) is 11.5. The van der Waals surface area contributed by atoms with Crippen molar-refractivity contribution in [1.82, 2.24) is 10.6 Å². The lowest BCUT2D eigenvalue weighted by molar-refractivity contribution is -0.129. The van der Waals surface area contributed by atoms with Gasteiger partial charge in [0.1, 0.15) is 11.6 Å². The summed E-state index contributed by atoms with van der Waals surface area (Å²) in [5, 5.41) is 5.56. The van der Waals surface area contributed by atoms with Crippen LogP contribution in [0.4, 0.5) is 8.78 Å². The molecule has 1 aromatic carbocycles. The summed E-state index contributed by atoms with van der Waals surface area (Å²) in [5.41, 5.74) is -0.581. The Balaban J connectivity index is 1.73. The fraction of sp³-hybridized carbons (Fsp3) is 0.556. The molecule has 130 valence electrons. The second-order valence-corrected chi connectivity index (χ2v) is 6.84. The van der Waals surface area contributed by atoms with Gasteiger partial charge in [-0.3, -0.25) is 9.59 Å². The Morgan fingerprint density at radius 1 is 1.25 bits per heavy atom. The number of hydrogen-bond acceptors (Lipinski definition) is 2. The van der Waals surface area contributed by atoms with Gasteiger partial charge in [-0.05, 0) is 31.4 Å². The van der Waals surface area contributed by atoms with Crippen LogP contribution in [-0.2, 0) is 15.0 Å². The molecule has 0 spiro atoms. The van der Waals surface area contributed by atoms with Crippen LogP contribution in [0, 0.1) is 17.6 Å². The van der Waals surface area contributed by atoms with Crippen LogP contribution in [0.3, 0.4) is 0 Å². The van der Waals surface area contributed by atoms with Gasteiger partial charge in [0.05, 0.1) is 5.92 Å². The summed E-state index contributed by atoms with van der Waals surface area (Å²) >= 11 is 0. The highest BCUT2D eigenvalue weighted by Crippen LogP contribution is 2.42. The van der Waals surface area contributed by atoms with E-state index < -0.39 is 17.0 Å². The van der Waals surface area contributed by atoms with E-state index in [0.717, 1.165) is 12.8 Å². The van der Waals surface area contributed by atoms with Crippen molar-refractivity contribution in [2.24, 2.45) is 5.92 Å². The van der Waals surface area contributed by atoms with Crippen molar-refractivity contribution in [3.8, 4) is 0 Å². The zero-order valence-electron chi connectivity index (χ0n) is 13.5. The van der Waals surface area contributed by atoms with Crippen molar-refractivity contribution in [3.63, 3.8) is 0 Å². The van der Waals surface area contributed by atoms with Gasteiger partial charge in [-0.15, -0.1) is 0 Å². The third kappa shape index (κ3) is 3.28. The summed E-state index contributed by atoms with van der Waals surface area (Å²) < 4.78 is 28.5. The van der Waals surface area contributed by atoms with Crippen molar-refractivity contribution >= 4 is 11.8 Å². The lowest BCUT2D eigenvalue weighted by atomic mass is 9.78. The maximum atomic E-state index is 14.3. The summed E-state index contributed by atoms with van der Waals surface area (Å²) in [4.78, 5) is 23.5. The summed E-state index contributed by atoms with van der Waals surface area (Å²) in [6, 6.07) is 3.91. The summed E-state index contributed by atoms with van der Waals surface area (Å²) in [7, 11) is 0. The maximum absolute atomic E-state index is 14.3. The molecule has 4 nitrogen and oxygen atoms in total. The zero-order chi connectivity index (χ0) is 17.2. The molecule has 6 heteroatoms. The van der Waals surface area contributed by atoms with Crippen LogP contribution < -0.4 is 10.6 Å². The molecule has 1 aliphatic heterocycles. The Kier molecular flexibility index (Phi) is 4.83. The molecule has 1 atom stereocenters. The number of benzene rings is 1. The number of hydrogen-bond donors (Lipinski definition) is 2. The third-order valence-corrected chi connectivity index (χ3v) is 5.29. The molecular weight excluding hydrogens is 314 g/mol. The minimum atomic E-state index is -0.678. The van der Waals surface area contributed by atoms with Crippen LogP contribution in [0.25, 0.3) is 0 Å². The highest BCUT2D eigenvalue weighted by molar-refractivity contribution is 5.83. The first-order valence-corrected chi connectivity index (χ1v) is 8.51. The number of amides is 2. The van der Waals surface area contributed by atoms with Crippen LogP contribution in [-0.4, -0.2) is 24.9 Å². The van der Waals surface area contributed by atoms with Crippen LogP contribution in [0.5, 0.6) is 0 Å². The smallest absolute Gasteiger partial charge is 0.224 e. The van der Waals surface area contributed by atoms with E-state index in [9.17, 15) is 18.4 Å². The summed E-state index contributed by atoms with van der Waals surface area (Å²) in [5.74, 6) is -1.56. The van der Waals surface area contributed by atoms with Crippen molar-refractivity contribution in [1.29, 1.82) is 0 Å². The molecule has 2 N–H and O–H groups in total. The van der Waals surface area contributed by atoms with Gasteiger partial charge in [0.15, 0.2) is 0 Å². The Bertz CT molecular complexity index is 612. The van der Waals surface area contributed by atoms with Crippen LogP contribution >= 0.6 is 0 Å².